The van der Waals surface area contributed by atoms with Crippen LogP contribution in [0.4, 0.5) is 0 Å². The van der Waals surface area contributed by atoms with Gasteiger partial charge in [-0.1, -0.05) is 14.4 Å². The highest BCUT2D eigenvalue weighted by molar-refractivity contribution is 5.45. The van der Waals surface area contributed by atoms with Crippen molar-refractivity contribution >= 4 is 6.41 Å². The molecule has 3 heteroatoms. The van der Waals surface area contributed by atoms with Gasteiger partial charge in [0.1, 0.15) is 0 Å². The summed E-state index contributed by atoms with van der Waals surface area (Å²) < 4.78 is 5.06. The first-order chi connectivity index (χ1) is 4.41. The molecule has 3 nitrogen and oxygen atoms in total. The van der Waals surface area contributed by atoms with Crippen LogP contribution in [0.15, 0.2) is 0 Å². The molecule has 0 bridgehead atoms. The lowest BCUT2D eigenvalue weighted by atomic mass is 10.5. The van der Waals surface area contributed by atoms with Gasteiger partial charge in [0, 0.05) is 13.2 Å². The lowest BCUT2D eigenvalue weighted by Gasteiger charge is -1.99. The molecule has 10 heavy (non-hydrogen) atoms. The van der Waals surface area contributed by atoms with Gasteiger partial charge in [-0.2, -0.15) is 0 Å². The van der Waals surface area contributed by atoms with Crippen LogP contribution in [0, 0.1) is 0 Å². The Bertz CT molecular complexity index is 66.6. The first-order valence-electron chi connectivity index (χ1n) is 3.16. The third kappa shape index (κ3) is 10.4. The van der Waals surface area contributed by atoms with E-state index in [0.29, 0.717) is 19.6 Å². The van der Waals surface area contributed by atoms with E-state index in [-0.39, 0.29) is 7.43 Å². The van der Waals surface area contributed by atoms with Crippen molar-refractivity contribution < 1.29 is 9.53 Å². The fourth-order valence-electron chi connectivity index (χ4n) is 0.436. The van der Waals surface area contributed by atoms with Crippen LogP contribution < -0.4 is 5.32 Å². The molecule has 0 saturated heterocycles. The van der Waals surface area contributed by atoms with Crippen molar-refractivity contribution in [3.05, 3.63) is 0 Å². The van der Waals surface area contributed by atoms with Crippen LogP contribution in [0.1, 0.15) is 20.8 Å². The predicted octanol–water partition coefficient (Wildman–Crippen LogP) is 0.795. The Hall–Kier alpha value is -0.570. The van der Waals surface area contributed by atoms with Crippen molar-refractivity contribution in [1.29, 1.82) is 0 Å². The van der Waals surface area contributed by atoms with Crippen molar-refractivity contribution in [2.45, 2.75) is 20.8 Å². The molecular weight excluding hydrogens is 130 g/mol. The van der Waals surface area contributed by atoms with Gasteiger partial charge >= 0.3 is 0 Å². The molecule has 0 aliphatic carbocycles. The normalized spacial score (nSPS) is 8.10. The highest BCUT2D eigenvalue weighted by atomic mass is 16.5. The van der Waals surface area contributed by atoms with Gasteiger partial charge in [0.15, 0.2) is 0 Å². The van der Waals surface area contributed by atoms with Crippen molar-refractivity contribution in [1.82, 2.24) is 5.32 Å². The van der Waals surface area contributed by atoms with Crippen molar-refractivity contribution in [2.75, 3.05) is 19.8 Å². The lowest BCUT2D eigenvalue weighted by molar-refractivity contribution is -0.109. The van der Waals surface area contributed by atoms with E-state index in [2.05, 4.69) is 5.32 Å². The van der Waals surface area contributed by atoms with Crippen LogP contribution in [0.25, 0.3) is 0 Å². The van der Waals surface area contributed by atoms with E-state index in [1.165, 1.54) is 0 Å². The molecule has 0 aromatic heterocycles. The van der Waals surface area contributed by atoms with Crippen LogP contribution >= 0.6 is 0 Å². The molecule has 0 radical (unpaired) electrons. The zero-order chi connectivity index (χ0) is 6.95. The van der Waals surface area contributed by atoms with E-state index in [9.17, 15) is 4.79 Å². The number of amides is 1. The summed E-state index contributed by atoms with van der Waals surface area (Å²) in [6, 6.07) is 0. The second kappa shape index (κ2) is 11.3. The quantitative estimate of drug-likeness (QED) is 0.445. The Morgan fingerprint density at radius 1 is 1.50 bits per heavy atom. The van der Waals surface area contributed by atoms with Gasteiger partial charge in [-0.15, -0.1) is 0 Å². The Balaban J connectivity index is 0. The predicted molar refractivity (Wildman–Crippen MR) is 41.9 cm³/mol. The smallest absolute Gasteiger partial charge is 0.207 e. The zero-order valence-corrected chi connectivity index (χ0v) is 5.72. The van der Waals surface area contributed by atoms with Crippen LogP contribution in [-0.4, -0.2) is 26.2 Å². The highest BCUT2D eigenvalue weighted by Crippen LogP contribution is 1.76. The zero-order valence-electron chi connectivity index (χ0n) is 5.72. The number of ether oxygens (including phenoxy) is 1. The van der Waals surface area contributed by atoms with Crippen LogP contribution in [0.5, 0.6) is 0 Å². The maximum atomic E-state index is 9.67. The molecule has 0 heterocycles. The average molecular weight is 147 g/mol. The number of carbonyl (C=O) groups is 1. The third-order valence-corrected chi connectivity index (χ3v) is 0.823. The van der Waals surface area contributed by atoms with E-state index in [0.717, 1.165) is 13.0 Å². The standard InChI is InChI=1S/C6H13NO2.CH4/c1-2-4-9-5-3-7-6-8;/h6H,2-5H2,1H3,(H,7,8);1H4. The molecule has 0 unspecified atom stereocenters. The summed E-state index contributed by atoms with van der Waals surface area (Å²) in [5.41, 5.74) is 0. The number of nitrogens with one attached hydrogen (secondary N) is 1. The monoisotopic (exact) mass is 147 g/mol. The van der Waals surface area contributed by atoms with Crippen molar-refractivity contribution in [3.63, 3.8) is 0 Å². The molecule has 1 N–H and O–H groups in total. The van der Waals surface area contributed by atoms with Gasteiger partial charge in [-0.3, -0.25) is 4.79 Å². The highest BCUT2D eigenvalue weighted by Gasteiger charge is 1.82. The van der Waals surface area contributed by atoms with Gasteiger partial charge in [-0.25, -0.2) is 0 Å². The Labute approximate surface area is 62.8 Å². The lowest BCUT2D eigenvalue weighted by Crippen LogP contribution is -2.17. The van der Waals surface area contributed by atoms with Gasteiger partial charge < -0.3 is 10.1 Å². The average Bonchev–Trinajstić information content (AvgIpc) is 1.89. The molecular formula is C7H17NO2. The summed E-state index contributed by atoms with van der Waals surface area (Å²) in [6.45, 7) is 4.06. The number of carbonyl (C=O) groups excluding carboxylic acids is 1. The number of rotatable bonds is 6. The summed E-state index contributed by atoms with van der Waals surface area (Å²) in [6.07, 6.45) is 1.70. The molecule has 0 rings (SSSR count). The molecule has 0 atom stereocenters. The second-order valence-corrected chi connectivity index (χ2v) is 1.68. The van der Waals surface area contributed by atoms with Crippen molar-refractivity contribution in [2.24, 2.45) is 0 Å². The molecule has 0 aliphatic heterocycles. The topological polar surface area (TPSA) is 38.3 Å². The maximum absolute atomic E-state index is 9.67. The van der Waals surface area contributed by atoms with E-state index in [4.69, 9.17) is 4.74 Å². The van der Waals surface area contributed by atoms with E-state index >= 15 is 0 Å². The maximum Gasteiger partial charge on any atom is 0.207 e. The molecule has 0 fully saturated rings. The third-order valence-electron chi connectivity index (χ3n) is 0.823. The fourth-order valence-corrected chi connectivity index (χ4v) is 0.436. The molecule has 0 aromatic carbocycles. The minimum Gasteiger partial charge on any atom is -0.380 e. The van der Waals surface area contributed by atoms with Crippen molar-refractivity contribution in [3.8, 4) is 0 Å². The minimum absolute atomic E-state index is 0. The Morgan fingerprint density at radius 3 is 2.70 bits per heavy atom. The molecule has 0 saturated carbocycles. The largest absolute Gasteiger partial charge is 0.380 e. The van der Waals surface area contributed by atoms with Crippen LogP contribution in [-0.2, 0) is 9.53 Å². The molecule has 62 valence electrons. The Kier molecular flexibility index (Phi) is 13.7. The fraction of sp³-hybridized carbons (Fsp3) is 0.857. The molecule has 0 spiro atoms. The number of hydrogen-bond acceptors (Lipinski definition) is 2. The SMILES string of the molecule is C.CCCOCCNC=O. The molecule has 0 aromatic rings. The molecule has 0 aliphatic rings. The van der Waals surface area contributed by atoms with Gasteiger partial charge in [0.25, 0.3) is 0 Å². The van der Waals surface area contributed by atoms with Gasteiger partial charge in [0.2, 0.25) is 6.41 Å². The Morgan fingerprint density at radius 2 is 2.20 bits per heavy atom. The summed E-state index contributed by atoms with van der Waals surface area (Å²) in [7, 11) is 0. The second-order valence-electron chi connectivity index (χ2n) is 1.68. The summed E-state index contributed by atoms with van der Waals surface area (Å²) in [5.74, 6) is 0. The summed E-state index contributed by atoms with van der Waals surface area (Å²) >= 11 is 0. The minimum atomic E-state index is 0. The first kappa shape index (κ1) is 12.1. The summed E-state index contributed by atoms with van der Waals surface area (Å²) in [5, 5.41) is 2.50. The van der Waals surface area contributed by atoms with Crippen LogP contribution in [0.2, 0.25) is 0 Å². The first-order valence-corrected chi connectivity index (χ1v) is 3.16. The van der Waals surface area contributed by atoms with E-state index in [1.54, 1.807) is 0 Å². The number of hydrogen-bond donors (Lipinski definition) is 1. The van der Waals surface area contributed by atoms with Crippen LogP contribution in [0.3, 0.4) is 0 Å². The van der Waals surface area contributed by atoms with Gasteiger partial charge in [-0.05, 0) is 6.42 Å². The summed E-state index contributed by atoms with van der Waals surface area (Å²) in [4.78, 5) is 9.67. The van der Waals surface area contributed by atoms with Gasteiger partial charge in [0.05, 0.1) is 6.61 Å². The van der Waals surface area contributed by atoms with E-state index < -0.39 is 0 Å². The van der Waals surface area contributed by atoms with E-state index in [1.807, 2.05) is 6.92 Å². The molecule has 1 amide bonds.